The van der Waals surface area contributed by atoms with Gasteiger partial charge < -0.3 is 10.1 Å². The monoisotopic (exact) mass is 296 g/mol. The van der Waals surface area contributed by atoms with Crippen molar-refractivity contribution in [2.24, 2.45) is 0 Å². The Kier molecular flexibility index (Phi) is 3.02. The van der Waals surface area contributed by atoms with Crippen molar-refractivity contribution >= 4 is 23.1 Å². The number of aromatic amines is 1. The zero-order chi connectivity index (χ0) is 16.0. The third-order valence-corrected chi connectivity index (χ3v) is 3.66. The van der Waals surface area contributed by atoms with E-state index in [-0.39, 0.29) is 28.0 Å². The average Bonchev–Trinajstić information content (AvgIpc) is 2.77. The highest BCUT2D eigenvalue weighted by Crippen LogP contribution is 2.32. The van der Waals surface area contributed by atoms with E-state index in [1.165, 1.54) is 18.3 Å². The molecule has 0 amide bonds. The number of allylic oxidation sites excluding steroid dienone is 2. The molecule has 0 unspecified atom stereocenters. The summed E-state index contributed by atoms with van der Waals surface area (Å²) >= 11 is 0. The minimum Gasteiger partial charge on any atom is -0.478 e. The Morgan fingerprint density at radius 2 is 1.95 bits per heavy atom. The van der Waals surface area contributed by atoms with Crippen molar-refractivity contribution in [3.8, 4) is 0 Å². The van der Waals surface area contributed by atoms with Gasteiger partial charge in [-0.25, -0.2) is 4.79 Å². The van der Waals surface area contributed by atoms with E-state index < -0.39 is 17.5 Å². The van der Waals surface area contributed by atoms with E-state index in [9.17, 15) is 19.5 Å². The number of aryl methyl sites for hydroxylation is 2. The van der Waals surface area contributed by atoms with Crippen LogP contribution in [-0.4, -0.2) is 32.6 Å². The van der Waals surface area contributed by atoms with Gasteiger partial charge in [-0.15, -0.1) is 0 Å². The minimum absolute atomic E-state index is 0.0113. The molecular weight excluding hydrogens is 284 g/mol. The number of carbonyl (C=O) groups is 3. The van der Waals surface area contributed by atoms with Gasteiger partial charge in [0.1, 0.15) is 5.69 Å². The predicted molar refractivity (Wildman–Crippen MR) is 78.1 cm³/mol. The second-order valence-electron chi connectivity index (χ2n) is 5.08. The van der Waals surface area contributed by atoms with Crippen molar-refractivity contribution in [2.45, 2.75) is 13.8 Å². The summed E-state index contributed by atoms with van der Waals surface area (Å²) in [5.41, 5.74) is 1.63. The molecule has 0 aromatic carbocycles. The number of hydrogen-bond donors (Lipinski definition) is 2. The lowest BCUT2D eigenvalue weighted by Crippen LogP contribution is -2.19. The van der Waals surface area contributed by atoms with E-state index in [1.54, 1.807) is 19.9 Å². The van der Waals surface area contributed by atoms with Crippen LogP contribution in [0.3, 0.4) is 0 Å². The Labute approximate surface area is 125 Å². The summed E-state index contributed by atoms with van der Waals surface area (Å²) in [5.74, 6) is -1.94. The zero-order valence-electron chi connectivity index (χ0n) is 11.9. The van der Waals surface area contributed by atoms with Crippen LogP contribution in [-0.2, 0) is 0 Å². The number of carboxylic acid groups (broad SMARTS) is 1. The van der Waals surface area contributed by atoms with Crippen molar-refractivity contribution in [3.63, 3.8) is 0 Å². The average molecular weight is 296 g/mol. The van der Waals surface area contributed by atoms with Gasteiger partial charge in [-0.05, 0) is 32.1 Å². The molecule has 0 atom stereocenters. The summed E-state index contributed by atoms with van der Waals surface area (Å²) in [6.07, 6.45) is 2.61. The Morgan fingerprint density at radius 1 is 1.23 bits per heavy atom. The normalized spacial score (nSPS) is 13.8. The summed E-state index contributed by atoms with van der Waals surface area (Å²) < 4.78 is 0. The first-order valence-corrected chi connectivity index (χ1v) is 6.60. The smallest absolute Gasteiger partial charge is 0.338 e. The van der Waals surface area contributed by atoms with Crippen LogP contribution >= 0.6 is 0 Å². The zero-order valence-corrected chi connectivity index (χ0v) is 11.9. The number of hydrogen-bond acceptors (Lipinski definition) is 4. The first-order valence-electron chi connectivity index (χ1n) is 6.60. The highest BCUT2D eigenvalue weighted by molar-refractivity contribution is 6.39. The van der Waals surface area contributed by atoms with E-state index in [2.05, 4.69) is 9.97 Å². The van der Waals surface area contributed by atoms with Crippen molar-refractivity contribution in [1.29, 1.82) is 0 Å². The van der Waals surface area contributed by atoms with Crippen LogP contribution in [0, 0.1) is 13.8 Å². The second-order valence-corrected chi connectivity index (χ2v) is 5.08. The molecule has 110 valence electrons. The van der Waals surface area contributed by atoms with Gasteiger partial charge in [0.25, 0.3) is 0 Å². The molecule has 0 bridgehead atoms. The van der Waals surface area contributed by atoms with Crippen LogP contribution < -0.4 is 0 Å². The van der Waals surface area contributed by atoms with Crippen LogP contribution in [0.2, 0.25) is 0 Å². The SMILES string of the molecule is Cc1[nH]c(C)c(C2=CC(=O)c3ncccc3C2=O)c1C(=O)O. The number of aromatic carboxylic acids is 1. The fraction of sp³-hybridized carbons (Fsp3) is 0.125. The molecule has 3 rings (SSSR count). The lowest BCUT2D eigenvalue weighted by atomic mass is 9.87. The maximum absolute atomic E-state index is 12.6. The van der Waals surface area contributed by atoms with Gasteiger partial charge >= 0.3 is 5.97 Å². The number of fused-ring (bicyclic) bond motifs is 1. The van der Waals surface area contributed by atoms with Gasteiger partial charge in [-0.3, -0.25) is 14.6 Å². The first-order chi connectivity index (χ1) is 10.4. The van der Waals surface area contributed by atoms with Crippen molar-refractivity contribution < 1.29 is 19.5 Å². The molecule has 2 N–H and O–H groups in total. The Hall–Kier alpha value is -3.02. The van der Waals surface area contributed by atoms with E-state index in [0.29, 0.717) is 11.4 Å². The minimum atomic E-state index is -1.14. The number of nitrogens with zero attached hydrogens (tertiary/aromatic N) is 1. The molecule has 1 aliphatic rings. The number of aromatic nitrogens is 2. The van der Waals surface area contributed by atoms with Gasteiger partial charge in [-0.2, -0.15) is 0 Å². The molecule has 22 heavy (non-hydrogen) atoms. The topological polar surface area (TPSA) is 100 Å². The number of carboxylic acids is 1. The Morgan fingerprint density at radius 3 is 2.64 bits per heavy atom. The molecule has 2 aromatic heterocycles. The fourth-order valence-corrected chi connectivity index (χ4v) is 2.77. The lowest BCUT2D eigenvalue weighted by Gasteiger charge is -2.14. The van der Waals surface area contributed by atoms with Gasteiger partial charge in [0.15, 0.2) is 5.78 Å². The first kappa shape index (κ1) is 13.9. The predicted octanol–water partition coefficient (Wildman–Crippen LogP) is 2.19. The number of Topliss-reactive ketones (excluding diaryl/α,β-unsaturated/α-hetero) is 1. The summed E-state index contributed by atoms with van der Waals surface area (Å²) in [6.45, 7) is 3.29. The molecule has 2 aromatic rings. The molecule has 0 saturated carbocycles. The summed E-state index contributed by atoms with van der Waals surface area (Å²) in [7, 11) is 0. The molecule has 0 spiro atoms. The van der Waals surface area contributed by atoms with Crippen LogP contribution in [0.25, 0.3) is 5.57 Å². The standard InChI is InChI=1S/C16H12N2O4/c1-7-12(13(16(21)22)8(2)18-7)10-6-11(19)14-9(15(10)20)4-3-5-17-14/h3-6,18H,1-2H3,(H,21,22). The molecule has 0 radical (unpaired) electrons. The van der Waals surface area contributed by atoms with Crippen molar-refractivity contribution in [1.82, 2.24) is 9.97 Å². The van der Waals surface area contributed by atoms with E-state index >= 15 is 0 Å². The second kappa shape index (κ2) is 4.77. The van der Waals surface area contributed by atoms with Crippen molar-refractivity contribution in [3.05, 3.63) is 58.2 Å². The maximum atomic E-state index is 12.6. The van der Waals surface area contributed by atoms with Gasteiger partial charge in [0.05, 0.1) is 11.1 Å². The molecule has 0 fully saturated rings. The largest absolute Gasteiger partial charge is 0.478 e. The van der Waals surface area contributed by atoms with Crippen molar-refractivity contribution in [2.75, 3.05) is 0 Å². The van der Waals surface area contributed by atoms with Gasteiger partial charge in [0, 0.05) is 28.7 Å². The summed E-state index contributed by atoms with van der Waals surface area (Å²) in [4.78, 5) is 43.1. The third-order valence-electron chi connectivity index (χ3n) is 3.66. The summed E-state index contributed by atoms with van der Waals surface area (Å²) in [5, 5.41) is 9.38. The van der Waals surface area contributed by atoms with Crippen LogP contribution in [0.15, 0.2) is 24.4 Å². The Balaban J connectivity index is 2.26. The molecule has 6 nitrogen and oxygen atoms in total. The van der Waals surface area contributed by atoms with Gasteiger partial charge in [-0.1, -0.05) is 0 Å². The van der Waals surface area contributed by atoms with E-state index in [4.69, 9.17) is 0 Å². The number of nitrogens with one attached hydrogen (secondary N) is 1. The Bertz CT molecular complexity index is 874. The number of pyridine rings is 1. The van der Waals surface area contributed by atoms with Crippen LogP contribution in [0.4, 0.5) is 0 Å². The van der Waals surface area contributed by atoms with Crippen LogP contribution in [0.1, 0.15) is 48.2 Å². The van der Waals surface area contributed by atoms with E-state index in [0.717, 1.165) is 0 Å². The number of rotatable bonds is 2. The lowest BCUT2D eigenvalue weighted by molar-refractivity contribution is 0.0695. The highest BCUT2D eigenvalue weighted by atomic mass is 16.4. The van der Waals surface area contributed by atoms with Crippen LogP contribution in [0.5, 0.6) is 0 Å². The third kappa shape index (κ3) is 1.88. The molecule has 0 saturated heterocycles. The molecule has 6 heteroatoms. The molecule has 2 heterocycles. The molecule has 0 aliphatic heterocycles. The fourth-order valence-electron chi connectivity index (χ4n) is 2.77. The molecular formula is C16H12N2O4. The number of ketones is 2. The highest BCUT2D eigenvalue weighted by Gasteiger charge is 2.32. The number of carbonyl (C=O) groups excluding carboxylic acids is 2. The maximum Gasteiger partial charge on any atom is 0.338 e. The van der Waals surface area contributed by atoms with Gasteiger partial charge in [0.2, 0.25) is 5.78 Å². The number of H-pyrrole nitrogens is 1. The van der Waals surface area contributed by atoms with E-state index in [1.807, 2.05) is 0 Å². The molecule has 1 aliphatic carbocycles. The quantitative estimate of drug-likeness (QED) is 0.884. The summed E-state index contributed by atoms with van der Waals surface area (Å²) in [6, 6.07) is 3.09.